The lowest BCUT2D eigenvalue weighted by Crippen LogP contribution is -2.68. The van der Waals surface area contributed by atoms with E-state index >= 15 is 0 Å². The summed E-state index contributed by atoms with van der Waals surface area (Å²) in [4.78, 5) is 13.6. The fourth-order valence-corrected chi connectivity index (χ4v) is 3.51. The van der Waals surface area contributed by atoms with Crippen molar-refractivity contribution in [2.45, 2.75) is 19.8 Å². The summed E-state index contributed by atoms with van der Waals surface area (Å²) in [5.41, 5.74) is 0.370. The molecule has 0 saturated heterocycles. The first-order valence-corrected chi connectivity index (χ1v) is 8.71. The van der Waals surface area contributed by atoms with Gasteiger partial charge in [-0.15, -0.1) is 0 Å². The first kappa shape index (κ1) is 19.0. The zero-order valence-electron chi connectivity index (χ0n) is 14.4. The third-order valence-electron chi connectivity index (χ3n) is 4.63. The molecule has 0 saturated carbocycles. The van der Waals surface area contributed by atoms with Crippen molar-refractivity contribution in [3.63, 3.8) is 0 Å². The number of aliphatic carboxylic acids is 1. The number of carbonyl (C=O) groups is 1. The Morgan fingerprint density at radius 1 is 1.19 bits per heavy atom. The van der Waals surface area contributed by atoms with Crippen LogP contribution >= 0.6 is 11.6 Å². The Kier molecular flexibility index (Phi) is 5.28. The van der Waals surface area contributed by atoms with Gasteiger partial charge < -0.3 is 10.2 Å². The molecule has 1 aliphatic carbocycles. The Balaban J connectivity index is 2.06. The lowest BCUT2D eigenvalue weighted by Gasteiger charge is -2.06. The topological polar surface area (TPSA) is 71.5 Å². The van der Waals surface area contributed by atoms with Crippen LogP contribution in [0.1, 0.15) is 19.8 Å². The Labute approximate surface area is 159 Å². The third kappa shape index (κ3) is 3.71. The molecule has 0 bridgehead atoms. The Hall–Kier alpha value is -2.73. The van der Waals surface area contributed by atoms with Crippen LogP contribution in [-0.4, -0.2) is 22.1 Å². The van der Waals surface area contributed by atoms with E-state index in [1.54, 1.807) is 31.2 Å². The minimum atomic E-state index is -1.15. The van der Waals surface area contributed by atoms with Gasteiger partial charge in [-0.2, -0.15) is 13.8 Å². The number of rotatable bonds is 4. The number of hydrogen-bond donors (Lipinski definition) is 3. The summed E-state index contributed by atoms with van der Waals surface area (Å²) in [6, 6.07) is 8.86. The third-order valence-corrected chi connectivity index (χ3v) is 4.96. The van der Waals surface area contributed by atoms with Gasteiger partial charge in [0.25, 0.3) is 5.69 Å². The van der Waals surface area contributed by atoms with Gasteiger partial charge in [-0.25, -0.2) is 4.79 Å². The molecule has 3 rings (SSSR count). The van der Waals surface area contributed by atoms with Gasteiger partial charge in [-0.1, -0.05) is 36.7 Å². The van der Waals surface area contributed by atoms with Gasteiger partial charge >= 0.3 is 11.9 Å². The largest absolute Gasteiger partial charge is 0.478 e. The predicted molar refractivity (Wildman–Crippen MR) is 98.1 cm³/mol. The highest BCUT2D eigenvalue weighted by Crippen LogP contribution is 2.32. The molecule has 1 atom stereocenters. The van der Waals surface area contributed by atoms with Gasteiger partial charge in [-0.3, -0.25) is 0 Å². The standard InChI is InChI=1S/C20H16ClF2NO3/c1-10-6-7-13(20(26)27)17(10)19(25)24-18-15(22)8-11(9-16(18)23)12-4-2-3-5-14(12)21/h2-5,8-10H,6-7H2,1H3,(H,24,25)(H,26,27)/p+1/t10-/m0/s1. The molecule has 0 amide bonds. The number of halogens is 3. The monoisotopic (exact) mass is 392 g/mol. The van der Waals surface area contributed by atoms with E-state index in [1.807, 2.05) is 0 Å². The first-order valence-electron chi connectivity index (χ1n) is 8.33. The van der Waals surface area contributed by atoms with Crippen molar-refractivity contribution >= 4 is 29.2 Å². The van der Waals surface area contributed by atoms with Gasteiger partial charge in [0.2, 0.25) is 0 Å². The summed E-state index contributed by atoms with van der Waals surface area (Å²) >= 11 is 6.07. The maximum Gasteiger partial charge on any atom is 0.368 e. The Bertz CT molecular complexity index is 962. The van der Waals surface area contributed by atoms with E-state index in [0.717, 1.165) is 12.1 Å². The number of carboxylic acids is 1. The average Bonchev–Trinajstić information content (AvgIpc) is 3.00. The zero-order chi connectivity index (χ0) is 19.7. The van der Waals surface area contributed by atoms with E-state index in [4.69, 9.17) is 11.6 Å². The summed E-state index contributed by atoms with van der Waals surface area (Å²) in [6.45, 7) is 1.75. The Morgan fingerprint density at radius 2 is 1.81 bits per heavy atom. The number of benzene rings is 2. The molecule has 0 unspecified atom stereocenters. The summed E-state index contributed by atoms with van der Waals surface area (Å²) < 4.78 is 29.1. The molecule has 7 heteroatoms. The molecule has 0 aliphatic heterocycles. The fourth-order valence-electron chi connectivity index (χ4n) is 3.26. The normalized spacial score (nSPS) is 17.5. The maximum atomic E-state index is 14.5. The van der Waals surface area contributed by atoms with Gasteiger partial charge in [0.1, 0.15) is 0 Å². The second-order valence-corrected chi connectivity index (χ2v) is 6.81. The number of hydrogen-bond acceptors (Lipinski definition) is 1. The van der Waals surface area contributed by atoms with Crippen molar-refractivity contribution in [3.8, 4) is 11.1 Å². The van der Waals surface area contributed by atoms with Crippen molar-refractivity contribution in [1.29, 1.82) is 0 Å². The van der Waals surface area contributed by atoms with E-state index in [1.165, 1.54) is 0 Å². The van der Waals surface area contributed by atoms with Gasteiger partial charge in [0.15, 0.2) is 11.6 Å². The van der Waals surface area contributed by atoms with Crippen LogP contribution < -0.4 is 4.99 Å². The van der Waals surface area contributed by atoms with E-state index < -0.39 is 29.2 Å². The van der Waals surface area contributed by atoms with Gasteiger partial charge in [0.05, 0.1) is 11.1 Å². The van der Waals surface area contributed by atoms with Crippen LogP contribution in [0.4, 0.5) is 14.5 Å². The molecule has 140 valence electrons. The Morgan fingerprint density at radius 3 is 2.41 bits per heavy atom. The molecule has 2 aromatic carbocycles. The van der Waals surface area contributed by atoms with Gasteiger partial charge in [0, 0.05) is 10.6 Å². The summed E-state index contributed by atoms with van der Waals surface area (Å²) in [5, 5.41) is 19.9. The van der Waals surface area contributed by atoms with E-state index in [2.05, 4.69) is 4.99 Å². The minimum absolute atomic E-state index is 0.0426. The summed E-state index contributed by atoms with van der Waals surface area (Å²) in [6.07, 6.45) is 0.826. The molecule has 2 aromatic rings. The molecule has 3 N–H and O–H groups in total. The number of carboxylic acid groups (broad SMARTS) is 1. The van der Waals surface area contributed by atoms with Crippen molar-refractivity contribution in [1.82, 2.24) is 0 Å². The second-order valence-electron chi connectivity index (χ2n) is 6.41. The molecule has 0 fully saturated rings. The molecular formula is C20H17ClF2NO3+. The van der Waals surface area contributed by atoms with Crippen molar-refractivity contribution in [2.24, 2.45) is 5.92 Å². The number of aliphatic hydroxyl groups is 1. The minimum Gasteiger partial charge on any atom is -0.478 e. The van der Waals surface area contributed by atoms with E-state index in [9.17, 15) is 23.8 Å². The highest BCUT2D eigenvalue weighted by atomic mass is 35.5. The molecular weight excluding hydrogens is 376 g/mol. The second kappa shape index (κ2) is 7.48. The lowest BCUT2D eigenvalue weighted by atomic mass is 10.0. The van der Waals surface area contributed by atoms with Crippen molar-refractivity contribution in [2.75, 3.05) is 0 Å². The molecule has 0 spiro atoms. The fraction of sp³-hybridized carbons (Fsp3) is 0.200. The molecule has 27 heavy (non-hydrogen) atoms. The van der Waals surface area contributed by atoms with Crippen LogP contribution in [0.15, 0.2) is 47.5 Å². The number of aliphatic hydroxyl groups excluding tert-OH is 1. The lowest BCUT2D eigenvalue weighted by molar-refractivity contribution is -0.371. The summed E-state index contributed by atoms with van der Waals surface area (Å²) in [5.74, 6) is -3.81. The SMILES string of the molecule is C[C@H]1CCC(C(=O)O)=C1C(O)=[NH+]c1c(F)cc(-c2ccccc2Cl)cc1F. The van der Waals surface area contributed by atoms with Crippen LogP contribution in [0.25, 0.3) is 11.1 Å². The number of nitrogens with one attached hydrogen (secondary N) is 1. The van der Waals surface area contributed by atoms with Crippen LogP contribution in [-0.2, 0) is 4.79 Å². The van der Waals surface area contributed by atoms with Crippen LogP contribution in [0.5, 0.6) is 0 Å². The quantitative estimate of drug-likeness (QED) is 0.548. The molecule has 0 radical (unpaired) electrons. The van der Waals surface area contributed by atoms with Crippen molar-refractivity contribution < 1.29 is 28.8 Å². The molecule has 1 aliphatic rings. The maximum absolute atomic E-state index is 14.5. The van der Waals surface area contributed by atoms with Crippen molar-refractivity contribution in [3.05, 3.63) is 64.2 Å². The zero-order valence-corrected chi connectivity index (χ0v) is 15.1. The van der Waals surface area contributed by atoms with E-state index in [0.29, 0.717) is 17.0 Å². The predicted octanol–water partition coefficient (Wildman–Crippen LogP) is 3.76. The smallest absolute Gasteiger partial charge is 0.368 e. The van der Waals surface area contributed by atoms with Gasteiger partial charge in [-0.05, 0) is 42.5 Å². The highest BCUT2D eigenvalue weighted by molar-refractivity contribution is 6.33. The molecule has 0 aromatic heterocycles. The van der Waals surface area contributed by atoms with Crippen LogP contribution in [0.3, 0.4) is 0 Å². The molecule has 4 nitrogen and oxygen atoms in total. The van der Waals surface area contributed by atoms with Crippen LogP contribution in [0, 0.1) is 17.6 Å². The summed E-state index contributed by atoms with van der Waals surface area (Å²) in [7, 11) is 0. The average molecular weight is 393 g/mol. The highest BCUT2D eigenvalue weighted by Gasteiger charge is 2.33. The molecule has 0 heterocycles. The van der Waals surface area contributed by atoms with E-state index in [-0.39, 0.29) is 29.0 Å². The van der Waals surface area contributed by atoms with Crippen LogP contribution in [0.2, 0.25) is 5.02 Å². The first-order chi connectivity index (χ1) is 12.8.